The van der Waals surface area contributed by atoms with Gasteiger partial charge in [-0.25, -0.2) is 0 Å². The van der Waals surface area contributed by atoms with Crippen LogP contribution in [0, 0.1) is 46.8 Å². The van der Waals surface area contributed by atoms with E-state index in [9.17, 15) is 4.79 Å². The van der Waals surface area contributed by atoms with Crippen LogP contribution in [0.5, 0.6) is 0 Å². The molecule has 7 atom stereocenters. The minimum atomic E-state index is 0.396. The second-order valence-corrected chi connectivity index (χ2v) is 10.3. The van der Waals surface area contributed by atoms with E-state index in [2.05, 4.69) is 38.7 Å². The SMILES string of the molecule is C=C1C[C@H]2[C@H]3[C@H](CC[C@]2(C)[C@@H]1/C=C/C)[C@H]1CCC(=O)C=C1C[C@H]3C1CC1. The maximum Gasteiger partial charge on any atom is 0.155 e. The van der Waals surface area contributed by atoms with Crippen LogP contribution < -0.4 is 0 Å². The van der Waals surface area contributed by atoms with E-state index < -0.39 is 0 Å². The number of hydrogen-bond donors (Lipinski definition) is 0. The highest BCUT2D eigenvalue weighted by Gasteiger charge is 2.60. The topological polar surface area (TPSA) is 17.1 Å². The van der Waals surface area contributed by atoms with Crippen molar-refractivity contribution in [2.75, 3.05) is 0 Å². The van der Waals surface area contributed by atoms with Crippen LogP contribution in [0.4, 0.5) is 0 Å². The molecule has 5 aliphatic rings. The highest BCUT2D eigenvalue weighted by Crippen LogP contribution is 2.68. The number of carbonyl (C=O) groups is 1. The average Bonchev–Trinajstić information content (AvgIpc) is 3.42. The van der Waals surface area contributed by atoms with Gasteiger partial charge in [0.1, 0.15) is 0 Å². The normalized spacial score (nSPS) is 48.2. The molecule has 140 valence electrons. The lowest BCUT2D eigenvalue weighted by molar-refractivity contribution is -0.116. The fourth-order valence-electron chi connectivity index (χ4n) is 7.84. The van der Waals surface area contributed by atoms with Crippen molar-refractivity contribution in [3.8, 4) is 0 Å². The summed E-state index contributed by atoms with van der Waals surface area (Å²) in [4.78, 5) is 12.1. The molecule has 0 aromatic carbocycles. The van der Waals surface area contributed by atoms with Crippen LogP contribution in [0.3, 0.4) is 0 Å². The van der Waals surface area contributed by atoms with E-state index in [1.54, 1.807) is 5.57 Å². The smallest absolute Gasteiger partial charge is 0.155 e. The van der Waals surface area contributed by atoms with Crippen LogP contribution in [-0.4, -0.2) is 5.78 Å². The summed E-state index contributed by atoms with van der Waals surface area (Å²) in [6.45, 7) is 9.28. The van der Waals surface area contributed by atoms with Crippen molar-refractivity contribution in [2.24, 2.45) is 46.8 Å². The maximum absolute atomic E-state index is 12.1. The standard InChI is InChI=1S/C25H34O/c1-4-5-22-15(2)12-23-24-20(10-11-25(22,23)3)19-9-8-18(26)13-17(19)14-21(24)16-6-7-16/h4-5,13,16,19-24H,2,6-12,14H2,1,3H3/b5-4+/t19-,20+,21-,22+,23-,24-,25+/m0/s1. The van der Waals surface area contributed by atoms with Crippen LogP contribution in [0.25, 0.3) is 0 Å². The molecule has 0 aromatic rings. The largest absolute Gasteiger partial charge is 0.295 e. The molecule has 5 aliphatic carbocycles. The fraction of sp³-hybridized carbons (Fsp3) is 0.720. The van der Waals surface area contributed by atoms with Crippen LogP contribution >= 0.6 is 0 Å². The zero-order valence-electron chi connectivity index (χ0n) is 16.5. The Morgan fingerprint density at radius 2 is 1.96 bits per heavy atom. The van der Waals surface area contributed by atoms with Gasteiger partial charge in [0.2, 0.25) is 0 Å². The van der Waals surface area contributed by atoms with Crippen LogP contribution in [0.1, 0.15) is 65.2 Å². The van der Waals surface area contributed by atoms with E-state index in [1.807, 2.05) is 0 Å². The summed E-state index contributed by atoms with van der Waals surface area (Å²) in [5.74, 6) is 6.02. The number of fused-ring (bicyclic) bond motifs is 5. The summed E-state index contributed by atoms with van der Waals surface area (Å²) in [6, 6.07) is 0. The molecule has 26 heavy (non-hydrogen) atoms. The Kier molecular flexibility index (Phi) is 3.89. The summed E-state index contributed by atoms with van der Waals surface area (Å²) in [6.07, 6.45) is 16.8. The summed E-state index contributed by atoms with van der Waals surface area (Å²) >= 11 is 0. The third kappa shape index (κ3) is 2.38. The molecule has 0 saturated heterocycles. The maximum atomic E-state index is 12.1. The lowest BCUT2D eigenvalue weighted by atomic mass is 9.48. The molecule has 4 saturated carbocycles. The molecule has 0 unspecified atom stereocenters. The van der Waals surface area contributed by atoms with E-state index >= 15 is 0 Å². The Labute approximate surface area is 159 Å². The molecule has 0 amide bonds. The Hall–Kier alpha value is -1.11. The van der Waals surface area contributed by atoms with E-state index in [4.69, 9.17) is 0 Å². The van der Waals surface area contributed by atoms with Crippen LogP contribution in [0.15, 0.2) is 36.0 Å². The van der Waals surface area contributed by atoms with Crippen molar-refractivity contribution in [1.29, 1.82) is 0 Å². The van der Waals surface area contributed by atoms with Gasteiger partial charge in [0.15, 0.2) is 5.78 Å². The Morgan fingerprint density at radius 3 is 2.69 bits per heavy atom. The van der Waals surface area contributed by atoms with Gasteiger partial charge in [-0.3, -0.25) is 4.79 Å². The predicted molar refractivity (Wildman–Crippen MR) is 107 cm³/mol. The van der Waals surface area contributed by atoms with Gasteiger partial charge < -0.3 is 0 Å². The second kappa shape index (κ2) is 5.94. The first-order valence-electron chi connectivity index (χ1n) is 11.1. The highest BCUT2D eigenvalue weighted by molar-refractivity contribution is 5.91. The van der Waals surface area contributed by atoms with Crippen LogP contribution in [0.2, 0.25) is 0 Å². The molecule has 1 heteroatoms. The second-order valence-electron chi connectivity index (χ2n) is 10.3. The Morgan fingerprint density at radius 1 is 1.15 bits per heavy atom. The van der Waals surface area contributed by atoms with Gasteiger partial charge in [0.05, 0.1) is 0 Å². The van der Waals surface area contributed by atoms with Crippen molar-refractivity contribution < 1.29 is 4.79 Å². The molecule has 0 bridgehead atoms. The van der Waals surface area contributed by atoms with E-state index in [0.717, 1.165) is 42.4 Å². The van der Waals surface area contributed by atoms with Gasteiger partial charge in [-0.05, 0) is 98.9 Å². The summed E-state index contributed by atoms with van der Waals surface area (Å²) < 4.78 is 0. The minimum absolute atomic E-state index is 0.396. The Bertz CT molecular complexity index is 693. The molecule has 0 aromatic heterocycles. The van der Waals surface area contributed by atoms with E-state index in [1.165, 1.54) is 44.1 Å². The van der Waals surface area contributed by atoms with Crippen molar-refractivity contribution in [3.63, 3.8) is 0 Å². The number of allylic oxidation sites excluding steroid dienone is 4. The molecule has 4 fully saturated rings. The third-order valence-electron chi connectivity index (χ3n) is 9.07. The molecule has 0 radical (unpaired) electrons. The number of ketones is 1. The van der Waals surface area contributed by atoms with Crippen molar-refractivity contribution in [1.82, 2.24) is 0 Å². The van der Waals surface area contributed by atoms with E-state index in [0.29, 0.717) is 23.0 Å². The third-order valence-corrected chi connectivity index (χ3v) is 9.07. The highest BCUT2D eigenvalue weighted by atomic mass is 16.1. The molecule has 0 heterocycles. The molecule has 0 N–H and O–H groups in total. The first-order valence-corrected chi connectivity index (χ1v) is 11.1. The van der Waals surface area contributed by atoms with Gasteiger partial charge in [-0.15, -0.1) is 0 Å². The van der Waals surface area contributed by atoms with Crippen molar-refractivity contribution in [3.05, 3.63) is 36.0 Å². The summed E-state index contributed by atoms with van der Waals surface area (Å²) in [7, 11) is 0. The summed E-state index contributed by atoms with van der Waals surface area (Å²) in [5, 5.41) is 0. The Balaban J connectivity index is 1.54. The predicted octanol–water partition coefficient (Wildman–Crippen LogP) is 6.12. The van der Waals surface area contributed by atoms with E-state index in [-0.39, 0.29) is 0 Å². The number of rotatable bonds is 2. The molecule has 5 rings (SSSR count). The van der Waals surface area contributed by atoms with Gasteiger partial charge >= 0.3 is 0 Å². The molecule has 1 nitrogen and oxygen atoms in total. The van der Waals surface area contributed by atoms with Gasteiger partial charge in [-0.2, -0.15) is 0 Å². The lowest BCUT2D eigenvalue weighted by Gasteiger charge is -2.56. The zero-order chi connectivity index (χ0) is 18.1. The van der Waals surface area contributed by atoms with Gasteiger partial charge in [0, 0.05) is 12.3 Å². The molecule has 0 spiro atoms. The quantitative estimate of drug-likeness (QED) is 0.548. The van der Waals surface area contributed by atoms with Gasteiger partial charge in [0.25, 0.3) is 0 Å². The summed E-state index contributed by atoms with van der Waals surface area (Å²) in [5.41, 5.74) is 3.46. The van der Waals surface area contributed by atoms with Crippen molar-refractivity contribution in [2.45, 2.75) is 65.2 Å². The monoisotopic (exact) mass is 350 g/mol. The number of hydrogen-bond acceptors (Lipinski definition) is 1. The van der Waals surface area contributed by atoms with Crippen LogP contribution in [-0.2, 0) is 4.79 Å². The van der Waals surface area contributed by atoms with Crippen molar-refractivity contribution >= 4 is 5.78 Å². The first-order chi connectivity index (χ1) is 12.5. The first kappa shape index (κ1) is 17.0. The molecule has 0 aliphatic heterocycles. The number of carbonyl (C=O) groups excluding carboxylic acids is 1. The van der Waals surface area contributed by atoms with Gasteiger partial charge in [-0.1, -0.05) is 36.8 Å². The molecular weight excluding hydrogens is 316 g/mol. The molecular formula is C25H34O. The minimum Gasteiger partial charge on any atom is -0.295 e. The average molecular weight is 351 g/mol. The zero-order valence-corrected chi connectivity index (χ0v) is 16.5. The lowest BCUT2D eigenvalue weighted by Crippen LogP contribution is -2.50. The fourth-order valence-corrected chi connectivity index (χ4v) is 7.84.